The first kappa shape index (κ1) is 18.3. The molecule has 7 heteroatoms. The quantitative estimate of drug-likeness (QED) is 0.360. The van der Waals surface area contributed by atoms with Crippen molar-refractivity contribution >= 4 is 28.3 Å². The first-order valence-electron chi connectivity index (χ1n) is 8.27. The Morgan fingerprint density at radius 3 is 2.70 bits per heavy atom. The Morgan fingerprint density at radius 2 is 2.04 bits per heavy atom. The topological polar surface area (TPSA) is 91.8 Å². The summed E-state index contributed by atoms with van der Waals surface area (Å²) in [7, 11) is 0. The normalized spacial score (nSPS) is 11.0. The molecule has 2 aromatic carbocycles. The number of aryl methyl sites for hydroxylation is 1. The summed E-state index contributed by atoms with van der Waals surface area (Å²) in [5, 5.41) is 25.8. The number of benzene rings is 2. The smallest absolute Gasteiger partial charge is 0.292 e. The molecule has 0 unspecified atom stereocenters. The van der Waals surface area contributed by atoms with Gasteiger partial charge in [-0.3, -0.25) is 10.1 Å². The highest BCUT2D eigenvalue weighted by Gasteiger charge is 2.13. The van der Waals surface area contributed by atoms with Crippen LogP contribution in [0.15, 0.2) is 60.1 Å². The molecule has 0 amide bonds. The highest BCUT2D eigenvalue weighted by atomic mass is 32.1. The van der Waals surface area contributed by atoms with Crippen LogP contribution in [0.25, 0.3) is 16.8 Å². The van der Waals surface area contributed by atoms with Gasteiger partial charge in [0.1, 0.15) is 22.3 Å². The van der Waals surface area contributed by atoms with Crippen molar-refractivity contribution < 1.29 is 4.92 Å². The number of rotatable bonds is 6. The SMILES string of the molecule is CCc1ccc(-c2csc(/C(C#N)=C/Nc3ccccc3[N+](=O)[O-])n2)cc1. The zero-order chi connectivity index (χ0) is 19.2. The molecule has 0 saturated carbocycles. The largest absolute Gasteiger partial charge is 0.355 e. The molecule has 134 valence electrons. The maximum Gasteiger partial charge on any atom is 0.292 e. The molecule has 0 aliphatic rings. The number of nitrogens with one attached hydrogen (secondary N) is 1. The second kappa shape index (κ2) is 8.25. The maximum atomic E-state index is 11.1. The molecule has 3 aromatic rings. The lowest BCUT2D eigenvalue weighted by atomic mass is 10.1. The van der Waals surface area contributed by atoms with Crippen LogP contribution in [0.1, 0.15) is 17.5 Å². The van der Waals surface area contributed by atoms with Crippen molar-refractivity contribution in [2.45, 2.75) is 13.3 Å². The van der Waals surface area contributed by atoms with Gasteiger partial charge < -0.3 is 5.32 Å². The molecule has 1 N–H and O–H groups in total. The fourth-order valence-corrected chi connectivity index (χ4v) is 3.28. The number of hydrogen-bond donors (Lipinski definition) is 1. The van der Waals surface area contributed by atoms with Crippen LogP contribution >= 0.6 is 11.3 Å². The van der Waals surface area contributed by atoms with Gasteiger partial charge in [0.05, 0.1) is 10.6 Å². The van der Waals surface area contributed by atoms with E-state index in [1.54, 1.807) is 18.2 Å². The van der Waals surface area contributed by atoms with E-state index in [0.29, 0.717) is 16.3 Å². The molecule has 6 nitrogen and oxygen atoms in total. The predicted molar refractivity (Wildman–Crippen MR) is 107 cm³/mol. The predicted octanol–water partition coefficient (Wildman–Crippen LogP) is 5.26. The molecular weight excluding hydrogens is 360 g/mol. The fraction of sp³-hybridized carbons (Fsp3) is 0.100. The molecule has 27 heavy (non-hydrogen) atoms. The number of para-hydroxylation sites is 2. The molecule has 1 heterocycles. The summed E-state index contributed by atoms with van der Waals surface area (Å²) in [6.07, 6.45) is 2.42. The van der Waals surface area contributed by atoms with Gasteiger partial charge in [-0.15, -0.1) is 11.3 Å². The summed E-state index contributed by atoms with van der Waals surface area (Å²) in [6.45, 7) is 2.10. The summed E-state index contributed by atoms with van der Waals surface area (Å²) >= 11 is 1.36. The number of nitrogens with zero attached hydrogens (tertiary/aromatic N) is 3. The summed E-state index contributed by atoms with van der Waals surface area (Å²) in [6, 6.07) is 16.5. The van der Waals surface area contributed by atoms with Crippen molar-refractivity contribution in [1.82, 2.24) is 4.98 Å². The van der Waals surface area contributed by atoms with E-state index in [0.717, 1.165) is 17.7 Å². The Balaban J connectivity index is 1.84. The average molecular weight is 376 g/mol. The second-order valence-electron chi connectivity index (χ2n) is 5.68. The van der Waals surface area contributed by atoms with Crippen LogP contribution in [0.3, 0.4) is 0 Å². The Labute approximate surface area is 160 Å². The van der Waals surface area contributed by atoms with E-state index in [4.69, 9.17) is 0 Å². The van der Waals surface area contributed by atoms with Crippen molar-refractivity contribution in [2.24, 2.45) is 0 Å². The standard InChI is InChI=1S/C20H16N4O2S/c1-2-14-7-9-15(10-8-14)18-13-27-20(23-18)16(11-21)12-22-17-5-3-4-6-19(17)24(25)26/h3-10,12-13,22H,2H2,1H3/b16-12+. The molecule has 0 aliphatic carbocycles. The minimum Gasteiger partial charge on any atom is -0.355 e. The molecule has 0 spiro atoms. The molecular formula is C20H16N4O2S. The Hall–Kier alpha value is -3.50. The molecule has 1 aromatic heterocycles. The molecule has 0 bridgehead atoms. The zero-order valence-electron chi connectivity index (χ0n) is 14.5. The van der Waals surface area contributed by atoms with E-state index in [-0.39, 0.29) is 5.69 Å². The fourth-order valence-electron chi connectivity index (χ4n) is 2.49. The number of allylic oxidation sites excluding steroid dienone is 1. The molecule has 0 radical (unpaired) electrons. The molecule has 0 atom stereocenters. The van der Waals surface area contributed by atoms with Crippen molar-refractivity contribution in [2.75, 3.05) is 5.32 Å². The lowest BCUT2D eigenvalue weighted by molar-refractivity contribution is -0.383. The lowest BCUT2D eigenvalue weighted by Gasteiger charge is -2.02. The number of hydrogen-bond acceptors (Lipinski definition) is 6. The van der Waals surface area contributed by atoms with Crippen LogP contribution in [0, 0.1) is 21.4 Å². The van der Waals surface area contributed by atoms with E-state index in [9.17, 15) is 15.4 Å². The third-order valence-corrected chi connectivity index (χ3v) is 4.86. The van der Waals surface area contributed by atoms with Crippen LogP contribution in [0.2, 0.25) is 0 Å². The van der Waals surface area contributed by atoms with E-state index >= 15 is 0 Å². The van der Waals surface area contributed by atoms with Crippen molar-refractivity contribution in [1.29, 1.82) is 5.26 Å². The van der Waals surface area contributed by atoms with Crippen molar-refractivity contribution in [3.63, 3.8) is 0 Å². The molecule has 0 saturated heterocycles. The van der Waals surface area contributed by atoms with Crippen LogP contribution in [-0.4, -0.2) is 9.91 Å². The maximum absolute atomic E-state index is 11.1. The number of nitro benzene ring substituents is 1. The van der Waals surface area contributed by atoms with Gasteiger partial charge >= 0.3 is 0 Å². The van der Waals surface area contributed by atoms with E-state index in [2.05, 4.69) is 35.4 Å². The van der Waals surface area contributed by atoms with Gasteiger partial charge in [0.15, 0.2) is 0 Å². The van der Waals surface area contributed by atoms with Gasteiger partial charge in [0, 0.05) is 23.2 Å². The van der Waals surface area contributed by atoms with E-state index in [1.165, 1.54) is 29.2 Å². The Morgan fingerprint density at radius 1 is 1.30 bits per heavy atom. The van der Waals surface area contributed by atoms with Crippen LogP contribution in [0.4, 0.5) is 11.4 Å². The van der Waals surface area contributed by atoms with Crippen LogP contribution in [-0.2, 0) is 6.42 Å². The Kier molecular flexibility index (Phi) is 5.59. The second-order valence-corrected chi connectivity index (χ2v) is 6.53. The number of nitro groups is 1. The lowest BCUT2D eigenvalue weighted by Crippen LogP contribution is -1.96. The first-order valence-corrected chi connectivity index (χ1v) is 9.15. The van der Waals surface area contributed by atoms with Gasteiger partial charge in [0.25, 0.3) is 5.69 Å². The Bertz CT molecular complexity index is 1030. The summed E-state index contributed by atoms with van der Waals surface area (Å²) in [5.41, 5.74) is 3.61. The van der Waals surface area contributed by atoms with E-state index in [1.807, 2.05) is 17.5 Å². The van der Waals surface area contributed by atoms with E-state index < -0.39 is 4.92 Å². The summed E-state index contributed by atoms with van der Waals surface area (Å²) in [4.78, 5) is 15.1. The first-order chi connectivity index (χ1) is 13.1. The third kappa shape index (κ3) is 4.19. The van der Waals surface area contributed by atoms with Gasteiger partial charge in [0.2, 0.25) is 0 Å². The summed E-state index contributed by atoms with van der Waals surface area (Å²) < 4.78 is 0. The number of aromatic nitrogens is 1. The van der Waals surface area contributed by atoms with Crippen molar-refractivity contribution in [3.05, 3.63) is 80.8 Å². The minimum absolute atomic E-state index is 0.0538. The number of nitriles is 1. The van der Waals surface area contributed by atoms with Crippen LogP contribution in [0.5, 0.6) is 0 Å². The summed E-state index contributed by atoms with van der Waals surface area (Å²) in [5.74, 6) is 0. The number of thiazole rings is 1. The molecule has 3 rings (SSSR count). The third-order valence-electron chi connectivity index (χ3n) is 3.99. The highest BCUT2D eigenvalue weighted by molar-refractivity contribution is 7.11. The monoisotopic (exact) mass is 376 g/mol. The average Bonchev–Trinajstić information content (AvgIpc) is 3.19. The van der Waals surface area contributed by atoms with Crippen molar-refractivity contribution in [3.8, 4) is 17.3 Å². The van der Waals surface area contributed by atoms with Gasteiger partial charge in [-0.25, -0.2) is 4.98 Å². The number of anilines is 1. The van der Waals surface area contributed by atoms with Gasteiger partial charge in [-0.2, -0.15) is 5.26 Å². The van der Waals surface area contributed by atoms with Gasteiger partial charge in [-0.05, 0) is 18.1 Å². The highest BCUT2D eigenvalue weighted by Crippen LogP contribution is 2.28. The van der Waals surface area contributed by atoms with Crippen LogP contribution < -0.4 is 5.32 Å². The minimum atomic E-state index is -0.469. The molecule has 0 aliphatic heterocycles. The van der Waals surface area contributed by atoms with Gasteiger partial charge in [-0.1, -0.05) is 43.3 Å². The molecule has 0 fully saturated rings. The zero-order valence-corrected chi connectivity index (χ0v) is 15.4.